The summed E-state index contributed by atoms with van der Waals surface area (Å²) in [6, 6.07) is 0. The van der Waals surface area contributed by atoms with Crippen molar-refractivity contribution in [1.29, 1.82) is 0 Å². The van der Waals surface area contributed by atoms with Gasteiger partial charge in [0.05, 0.1) is 0 Å². The lowest BCUT2D eigenvalue weighted by Gasteiger charge is -2.22. The lowest BCUT2D eigenvalue weighted by molar-refractivity contribution is 0.397. The predicted octanol–water partition coefficient (Wildman–Crippen LogP) is 0.525. The average molecular weight is 206 g/mol. The summed E-state index contributed by atoms with van der Waals surface area (Å²) in [5.41, 5.74) is 0. The van der Waals surface area contributed by atoms with Gasteiger partial charge >= 0.3 is 0 Å². The highest BCUT2D eigenvalue weighted by molar-refractivity contribution is 7.86. The SMILES string of the molecule is CCN(C)S(=O)(=O)N1CCC(C)C1. The van der Waals surface area contributed by atoms with Gasteiger partial charge in [0.1, 0.15) is 0 Å². The number of nitrogens with zero attached hydrogens (tertiary/aromatic N) is 2. The van der Waals surface area contributed by atoms with Crippen molar-refractivity contribution in [2.45, 2.75) is 20.3 Å². The van der Waals surface area contributed by atoms with E-state index in [4.69, 9.17) is 0 Å². The fraction of sp³-hybridized carbons (Fsp3) is 1.00. The van der Waals surface area contributed by atoms with Crippen LogP contribution in [0, 0.1) is 5.92 Å². The van der Waals surface area contributed by atoms with Crippen molar-refractivity contribution in [3.05, 3.63) is 0 Å². The monoisotopic (exact) mass is 206 g/mol. The summed E-state index contributed by atoms with van der Waals surface area (Å²) in [6.45, 7) is 5.81. The molecule has 78 valence electrons. The second-order valence-electron chi connectivity index (χ2n) is 3.67. The molecule has 1 saturated heterocycles. The molecule has 0 aliphatic carbocycles. The van der Waals surface area contributed by atoms with E-state index in [1.807, 2.05) is 6.92 Å². The smallest absolute Gasteiger partial charge is 0.195 e. The van der Waals surface area contributed by atoms with Crippen molar-refractivity contribution in [2.75, 3.05) is 26.7 Å². The van der Waals surface area contributed by atoms with Crippen molar-refractivity contribution in [2.24, 2.45) is 5.92 Å². The molecular formula is C8H18N2O2S. The quantitative estimate of drug-likeness (QED) is 0.675. The van der Waals surface area contributed by atoms with Gasteiger partial charge in [-0.15, -0.1) is 0 Å². The molecule has 0 aromatic heterocycles. The van der Waals surface area contributed by atoms with Crippen LogP contribution in [0.5, 0.6) is 0 Å². The number of hydrogen-bond donors (Lipinski definition) is 0. The van der Waals surface area contributed by atoms with Gasteiger partial charge in [-0.3, -0.25) is 0 Å². The zero-order valence-corrected chi connectivity index (χ0v) is 9.34. The molecular weight excluding hydrogens is 188 g/mol. The Balaban J connectivity index is 2.71. The van der Waals surface area contributed by atoms with Crippen LogP contribution in [0.15, 0.2) is 0 Å². The highest BCUT2D eigenvalue weighted by Gasteiger charge is 2.31. The molecule has 0 spiro atoms. The van der Waals surface area contributed by atoms with E-state index in [-0.39, 0.29) is 0 Å². The normalized spacial score (nSPS) is 25.7. The highest BCUT2D eigenvalue weighted by atomic mass is 32.2. The van der Waals surface area contributed by atoms with Gasteiger partial charge in [-0.05, 0) is 12.3 Å². The first-order valence-corrected chi connectivity index (χ1v) is 6.09. The molecule has 1 rings (SSSR count). The topological polar surface area (TPSA) is 40.6 Å². The minimum Gasteiger partial charge on any atom is -0.195 e. The summed E-state index contributed by atoms with van der Waals surface area (Å²) in [7, 11) is -1.53. The Morgan fingerprint density at radius 1 is 1.54 bits per heavy atom. The van der Waals surface area contributed by atoms with E-state index >= 15 is 0 Å². The Labute approximate surface area is 80.7 Å². The maximum atomic E-state index is 11.8. The molecule has 1 atom stereocenters. The summed E-state index contributed by atoms with van der Waals surface area (Å²) in [4.78, 5) is 0. The molecule has 1 aliphatic heterocycles. The van der Waals surface area contributed by atoms with Gasteiger partial charge in [0, 0.05) is 26.7 Å². The first kappa shape index (κ1) is 10.9. The fourth-order valence-electron chi connectivity index (χ4n) is 1.46. The molecule has 0 aromatic carbocycles. The van der Waals surface area contributed by atoms with Gasteiger partial charge in [0.15, 0.2) is 0 Å². The van der Waals surface area contributed by atoms with Gasteiger partial charge in [0.25, 0.3) is 10.2 Å². The molecule has 0 bridgehead atoms. The Morgan fingerprint density at radius 3 is 2.54 bits per heavy atom. The second kappa shape index (κ2) is 3.94. The lowest BCUT2D eigenvalue weighted by atomic mass is 10.2. The molecule has 0 N–H and O–H groups in total. The largest absolute Gasteiger partial charge is 0.281 e. The standard InChI is InChI=1S/C8H18N2O2S/c1-4-9(3)13(11,12)10-6-5-8(2)7-10/h8H,4-7H2,1-3H3. The summed E-state index contributed by atoms with van der Waals surface area (Å²) in [6.07, 6.45) is 0.983. The molecule has 1 aliphatic rings. The van der Waals surface area contributed by atoms with Crippen LogP contribution in [0.25, 0.3) is 0 Å². The highest BCUT2D eigenvalue weighted by Crippen LogP contribution is 2.19. The van der Waals surface area contributed by atoms with E-state index in [1.165, 1.54) is 4.31 Å². The van der Waals surface area contributed by atoms with Crippen molar-refractivity contribution in [3.8, 4) is 0 Å². The van der Waals surface area contributed by atoms with Crippen LogP contribution >= 0.6 is 0 Å². The van der Waals surface area contributed by atoms with E-state index in [2.05, 4.69) is 6.92 Å². The third-order valence-corrected chi connectivity index (χ3v) is 4.58. The van der Waals surface area contributed by atoms with Crippen molar-refractivity contribution >= 4 is 10.2 Å². The molecule has 1 fully saturated rings. The van der Waals surface area contributed by atoms with E-state index in [0.29, 0.717) is 25.6 Å². The van der Waals surface area contributed by atoms with E-state index < -0.39 is 10.2 Å². The van der Waals surface area contributed by atoms with Gasteiger partial charge in [-0.1, -0.05) is 13.8 Å². The van der Waals surface area contributed by atoms with Crippen LogP contribution in [0.4, 0.5) is 0 Å². The molecule has 13 heavy (non-hydrogen) atoms. The van der Waals surface area contributed by atoms with Crippen LogP contribution in [0.3, 0.4) is 0 Å². The van der Waals surface area contributed by atoms with E-state index in [9.17, 15) is 8.42 Å². The van der Waals surface area contributed by atoms with Gasteiger partial charge in [0.2, 0.25) is 0 Å². The zero-order valence-electron chi connectivity index (χ0n) is 8.52. The van der Waals surface area contributed by atoms with Crippen LogP contribution in [-0.2, 0) is 10.2 Å². The van der Waals surface area contributed by atoms with Crippen LogP contribution in [0.1, 0.15) is 20.3 Å². The molecule has 0 aromatic rings. The molecule has 0 saturated carbocycles. The lowest BCUT2D eigenvalue weighted by Crippen LogP contribution is -2.40. The summed E-state index contributed by atoms with van der Waals surface area (Å²) in [5, 5.41) is 0. The first-order valence-electron chi connectivity index (χ1n) is 4.70. The Morgan fingerprint density at radius 2 is 2.15 bits per heavy atom. The minimum absolute atomic E-state index is 0.500. The number of rotatable bonds is 3. The van der Waals surface area contributed by atoms with Crippen LogP contribution < -0.4 is 0 Å². The molecule has 1 heterocycles. The molecule has 0 amide bonds. The van der Waals surface area contributed by atoms with Crippen molar-refractivity contribution in [3.63, 3.8) is 0 Å². The van der Waals surface area contributed by atoms with Crippen molar-refractivity contribution in [1.82, 2.24) is 8.61 Å². The van der Waals surface area contributed by atoms with Gasteiger partial charge < -0.3 is 0 Å². The van der Waals surface area contributed by atoms with Crippen molar-refractivity contribution < 1.29 is 8.42 Å². The van der Waals surface area contributed by atoms with Gasteiger partial charge in [-0.2, -0.15) is 17.0 Å². The molecule has 5 heteroatoms. The van der Waals surface area contributed by atoms with Crippen LogP contribution in [-0.4, -0.2) is 43.7 Å². The predicted molar refractivity (Wildman–Crippen MR) is 52.6 cm³/mol. The second-order valence-corrected chi connectivity index (χ2v) is 5.71. The third-order valence-electron chi connectivity index (χ3n) is 2.55. The number of hydrogen-bond acceptors (Lipinski definition) is 2. The Hall–Kier alpha value is -0.130. The summed E-state index contributed by atoms with van der Waals surface area (Å²) >= 11 is 0. The molecule has 4 nitrogen and oxygen atoms in total. The molecule has 1 unspecified atom stereocenters. The van der Waals surface area contributed by atoms with Gasteiger partial charge in [-0.25, -0.2) is 0 Å². The summed E-state index contributed by atoms with van der Waals surface area (Å²) in [5.74, 6) is 0.500. The average Bonchev–Trinajstić information content (AvgIpc) is 2.50. The first-order chi connectivity index (χ1) is 5.98. The zero-order chi connectivity index (χ0) is 10.1. The Kier molecular flexibility index (Phi) is 3.32. The van der Waals surface area contributed by atoms with E-state index in [0.717, 1.165) is 6.42 Å². The maximum Gasteiger partial charge on any atom is 0.281 e. The van der Waals surface area contributed by atoms with E-state index in [1.54, 1.807) is 11.4 Å². The minimum atomic E-state index is -3.16. The fourth-order valence-corrected chi connectivity index (χ4v) is 2.96. The third kappa shape index (κ3) is 2.21. The summed E-state index contributed by atoms with van der Waals surface area (Å²) < 4.78 is 26.5. The Bertz CT molecular complexity index is 263. The molecule has 0 radical (unpaired) electrons. The maximum absolute atomic E-state index is 11.8. The van der Waals surface area contributed by atoms with Crippen LogP contribution in [0.2, 0.25) is 0 Å².